The monoisotopic (exact) mass is 275 g/mol. The van der Waals surface area contributed by atoms with Gasteiger partial charge in [-0.1, -0.05) is 53.3 Å². The second kappa shape index (κ2) is 7.88. The summed E-state index contributed by atoms with van der Waals surface area (Å²) in [5.74, 6) is 0.968. The second-order valence-electron chi connectivity index (χ2n) is 5.68. The Hall–Kier alpha value is -1.57. The zero-order chi connectivity index (χ0) is 14.6. The number of anilines is 1. The van der Waals surface area contributed by atoms with E-state index in [1.165, 1.54) is 11.1 Å². The lowest BCUT2D eigenvalue weighted by Crippen LogP contribution is -2.07. The van der Waals surface area contributed by atoms with E-state index in [0.717, 1.165) is 11.4 Å². The third-order valence-electron chi connectivity index (χ3n) is 3.11. The standard InChI is InChI=1S/C17H25NO.CH4/c1-11(2)15-8-7-9-16(12(3)4)17(15)18-13(5)10-14(6)19;/h7-12,18H,1-6H3;1H4/b13-10-;. The van der Waals surface area contributed by atoms with Crippen molar-refractivity contribution < 1.29 is 4.79 Å². The van der Waals surface area contributed by atoms with Crippen molar-refractivity contribution in [3.8, 4) is 0 Å². The van der Waals surface area contributed by atoms with Crippen LogP contribution in [0.4, 0.5) is 5.69 Å². The fraction of sp³-hybridized carbons (Fsp3) is 0.500. The molecule has 112 valence electrons. The van der Waals surface area contributed by atoms with Gasteiger partial charge in [-0.2, -0.15) is 0 Å². The highest BCUT2D eigenvalue weighted by molar-refractivity contribution is 5.88. The summed E-state index contributed by atoms with van der Waals surface area (Å²) < 4.78 is 0. The highest BCUT2D eigenvalue weighted by Crippen LogP contribution is 2.33. The second-order valence-corrected chi connectivity index (χ2v) is 5.68. The van der Waals surface area contributed by atoms with Crippen LogP contribution in [0.1, 0.15) is 71.9 Å². The maximum atomic E-state index is 11.2. The fourth-order valence-corrected chi connectivity index (χ4v) is 2.23. The topological polar surface area (TPSA) is 29.1 Å². The molecule has 1 aromatic carbocycles. The largest absolute Gasteiger partial charge is 0.359 e. The summed E-state index contributed by atoms with van der Waals surface area (Å²) >= 11 is 0. The van der Waals surface area contributed by atoms with E-state index in [2.05, 4.69) is 51.2 Å². The van der Waals surface area contributed by atoms with Crippen molar-refractivity contribution in [2.24, 2.45) is 0 Å². The van der Waals surface area contributed by atoms with Gasteiger partial charge in [0.05, 0.1) is 0 Å². The normalized spacial score (nSPS) is 11.5. The molecular formula is C18H29NO. The Labute approximate surface area is 124 Å². The number of hydrogen-bond donors (Lipinski definition) is 1. The number of allylic oxidation sites excluding steroid dienone is 2. The minimum atomic E-state index is 0. The summed E-state index contributed by atoms with van der Waals surface area (Å²) in [6.07, 6.45) is 1.64. The Morgan fingerprint density at radius 2 is 1.50 bits per heavy atom. The Morgan fingerprint density at radius 1 is 1.05 bits per heavy atom. The molecule has 0 heterocycles. The van der Waals surface area contributed by atoms with Crippen LogP contribution in [0, 0.1) is 0 Å². The van der Waals surface area contributed by atoms with Gasteiger partial charge in [0.1, 0.15) is 0 Å². The molecule has 0 aliphatic rings. The molecule has 1 rings (SSSR count). The molecule has 1 N–H and O–H groups in total. The van der Waals surface area contributed by atoms with Gasteiger partial charge in [-0.05, 0) is 42.9 Å². The van der Waals surface area contributed by atoms with Gasteiger partial charge >= 0.3 is 0 Å². The summed E-state index contributed by atoms with van der Waals surface area (Å²) in [5.41, 5.74) is 4.63. The molecular weight excluding hydrogens is 246 g/mol. The summed E-state index contributed by atoms with van der Waals surface area (Å²) in [7, 11) is 0. The fourth-order valence-electron chi connectivity index (χ4n) is 2.23. The summed E-state index contributed by atoms with van der Waals surface area (Å²) in [4.78, 5) is 11.2. The molecule has 0 aliphatic heterocycles. The van der Waals surface area contributed by atoms with Gasteiger partial charge in [-0.25, -0.2) is 0 Å². The highest BCUT2D eigenvalue weighted by Gasteiger charge is 2.13. The van der Waals surface area contributed by atoms with Crippen LogP contribution in [0.25, 0.3) is 0 Å². The van der Waals surface area contributed by atoms with Crippen molar-refractivity contribution in [3.63, 3.8) is 0 Å². The smallest absolute Gasteiger partial charge is 0.154 e. The van der Waals surface area contributed by atoms with E-state index in [1.54, 1.807) is 13.0 Å². The zero-order valence-electron chi connectivity index (χ0n) is 12.9. The van der Waals surface area contributed by atoms with Crippen molar-refractivity contribution in [2.45, 2.75) is 60.8 Å². The van der Waals surface area contributed by atoms with Crippen LogP contribution in [-0.2, 0) is 4.79 Å². The SMILES string of the molecule is C.CC(=O)/C=C(/C)Nc1c(C(C)C)cccc1C(C)C. The third-order valence-corrected chi connectivity index (χ3v) is 3.11. The highest BCUT2D eigenvalue weighted by atomic mass is 16.1. The van der Waals surface area contributed by atoms with Crippen LogP contribution in [0.15, 0.2) is 30.0 Å². The first-order chi connectivity index (χ1) is 8.82. The first-order valence-electron chi connectivity index (χ1n) is 6.91. The average Bonchev–Trinajstić information content (AvgIpc) is 2.27. The Morgan fingerprint density at radius 3 is 1.85 bits per heavy atom. The molecule has 0 fully saturated rings. The molecule has 0 bridgehead atoms. The quantitative estimate of drug-likeness (QED) is 0.721. The van der Waals surface area contributed by atoms with Gasteiger partial charge in [0.2, 0.25) is 0 Å². The predicted molar refractivity (Wildman–Crippen MR) is 89.4 cm³/mol. The van der Waals surface area contributed by atoms with Gasteiger partial charge in [0, 0.05) is 11.4 Å². The van der Waals surface area contributed by atoms with Gasteiger partial charge in [-0.15, -0.1) is 0 Å². The van der Waals surface area contributed by atoms with Crippen molar-refractivity contribution in [2.75, 3.05) is 5.32 Å². The Balaban J connectivity index is 0.00000361. The molecule has 0 saturated carbocycles. The third kappa shape index (κ3) is 4.84. The van der Waals surface area contributed by atoms with E-state index in [0.29, 0.717) is 11.8 Å². The molecule has 0 aromatic heterocycles. The number of rotatable bonds is 5. The molecule has 0 atom stereocenters. The van der Waals surface area contributed by atoms with E-state index in [-0.39, 0.29) is 13.2 Å². The van der Waals surface area contributed by atoms with Crippen molar-refractivity contribution in [3.05, 3.63) is 41.1 Å². The van der Waals surface area contributed by atoms with Crippen LogP contribution in [0.3, 0.4) is 0 Å². The van der Waals surface area contributed by atoms with Gasteiger partial charge < -0.3 is 5.32 Å². The lowest BCUT2D eigenvalue weighted by atomic mass is 9.92. The van der Waals surface area contributed by atoms with Crippen LogP contribution in [-0.4, -0.2) is 5.78 Å². The van der Waals surface area contributed by atoms with E-state index < -0.39 is 0 Å². The first kappa shape index (κ1) is 18.4. The molecule has 1 aromatic rings. The minimum absolute atomic E-state index is 0. The molecule has 2 nitrogen and oxygen atoms in total. The number of benzene rings is 1. The lowest BCUT2D eigenvalue weighted by Gasteiger charge is -2.21. The van der Waals surface area contributed by atoms with Crippen molar-refractivity contribution >= 4 is 11.5 Å². The van der Waals surface area contributed by atoms with Gasteiger partial charge in [0.25, 0.3) is 0 Å². The van der Waals surface area contributed by atoms with Crippen molar-refractivity contribution in [1.82, 2.24) is 0 Å². The predicted octanol–water partition coefficient (Wildman–Crippen LogP) is 5.47. The van der Waals surface area contributed by atoms with Crippen LogP contribution in [0.5, 0.6) is 0 Å². The Bertz CT molecular complexity index is 458. The first-order valence-corrected chi connectivity index (χ1v) is 6.91. The maximum absolute atomic E-state index is 11.2. The number of carbonyl (C=O) groups is 1. The minimum Gasteiger partial charge on any atom is -0.359 e. The molecule has 0 radical (unpaired) electrons. The summed E-state index contributed by atoms with van der Waals surface area (Å²) in [6, 6.07) is 6.42. The molecule has 0 saturated heterocycles. The number of hydrogen-bond acceptors (Lipinski definition) is 2. The molecule has 0 amide bonds. The van der Waals surface area contributed by atoms with Gasteiger partial charge in [-0.3, -0.25) is 4.79 Å². The number of ketones is 1. The van der Waals surface area contributed by atoms with E-state index in [1.807, 2.05) is 6.92 Å². The molecule has 0 unspecified atom stereocenters. The van der Waals surface area contributed by atoms with E-state index in [9.17, 15) is 4.79 Å². The Kier molecular flexibility index (Phi) is 7.26. The summed E-state index contributed by atoms with van der Waals surface area (Å²) in [5, 5.41) is 3.41. The zero-order valence-corrected chi connectivity index (χ0v) is 12.9. The molecule has 0 spiro atoms. The van der Waals surface area contributed by atoms with Crippen LogP contribution in [0.2, 0.25) is 0 Å². The van der Waals surface area contributed by atoms with Crippen LogP contribution < -0.4 is 5.32 Å². The average molecular weight is 275 g/mol. The van der Waals surface area contributed by atoms with Gasteiger partial charge in [0.15, 0.2) is 5.78 Å². The molecule has 0 aliphatic carbocycles. The van der Waals surface area contributed by atoms with Crippen molar-refractivity contribution in [1.29, 1.82) is 0 Å². The van der Waals surface area contributed by atoms with Crippen LogP contribution >= 0.6 is 0 Å². The molecule has 2 heteroatoms. The number of nitrogens with one attached hydrogen (secondary N) is 1. The summed E-state index contributed by atoms with van der Waals surface area (Å²) in [6.45, 7) is 12.3. The lowest BCUT2D eigenvalue weighted by molar-refractivity contribution is -0.112. The maximum Gasteiger partial charge on any atom is 0.154 e. The molecule has 20 heavy (non-hydrogen) atoms. The number of para-hydroxylation sites is 1. The van der Waals surface area contributed by atoms with E-state index in [4.69, 9.17) is 0 Å². The van der Waals surface area contributed by atoms with E-state index >= 15 is 0 Å². The number of carbonyl (C=O) groups excluding carboxylic acids is 1.